The molecule has 0 saturated heterocycles. The fourth-order valence-corrected chi connectivity index (χ4v) is 1.89. The Bertz CT molecular complexity index is 482. The summed E-state index contributed by atoms with van der Waals surface area (Å²) in [5.41, 5.74) is 7.10. The van der Waals surface area contributed by atoms with Gasteiger partial charge in [0.15, 0.2) is 0 Å². The van der Waals surface area contributed by atoms with Crippen LogP contribution in [0.1, 0.15) is 24.4 Å². The van der Waals surface area contributed by atoms with E-state index in [0.717, 1.165) is 29.9 Å². The number of rotatable bonds is 6. The van der Waals surface area contributed by atoms with Gasteiger partial charge < -0.3 is 15.6 Å². The standard InChI is InChI=1S/C16H19NO2/c17-16(7-4-12-18)13-8-10-15(11-9-13)19-14-5-2-1-3-6-14/h1-3,5-6,8-11,16,18H,4,7,12,17H2. The third-order valence-electron chi connectivity index (χ3n) is 2.96. The molecule has 100 valence electrons. The van der Waals surface area contributed by atoms with Crippen LogP contribution in [0.4, 0.5) is 0 Å². The van der Waals surface area contributed by atoms with E-state index in [1.807, 2.05) is 54.6 Å². The maximum Gasteiger partial charge on any atom is 0.127 e. The van der Waals surface area contributed by atoms with Crippen molar-refractivity contribution in [1.82, 2.24) is 0 Å². The van der Waals surface area contributed by atoms with Crippen molar-refractivity contribution < 1.29 is 9.84 Å². The number of benzene rings is 2. The average molecular weight is 257 g/mol. The van der Waals surface area contributed by atoms with Gasteiger partial charge in [-0.05, 0) is 42.7 Å². The number of aliphatic hydroxyl groups is 1. The molecular formula is C16H19NO2. The fourth-order valence-electron chi connectivity index (χ4n) is 1.89. The smallest absolute Gasteiger partial charge is 0.127 e. The molecule has 3 heteroatoms. The molecule has 0 spiro atoms. The van der Waals surface area contributed by atoms with E-state index < -0.39 is 0 Å². The van der Waals surface area contributed by atoms with E-state index in [9.17, 15) is 0 Å². The first-order chi connectivity index (χ1) is 9.29. The van der Waals surface area contributed by atoms with Crippen LogP contribution in [-0.2, 0) is 0 Å². The molecule has 0 heterocycles. The molecule has 0 bridgehead atoms. The summed E-state index contributed by atoms with van der Waals surface area (Å²) >= 11 is 0. The summed E-state index contributed by atoms with van der Waals surface area (Å²) in [4.78, 5) is 0. The highest BCUT2D eigenvalue weighted by Gasteiger charge is 2.05. The zero-order valence-corrected chi connectivity index (χ0v) is 10.8. The summed E-state index contributed by atoms with van der Waals surface area (Å²) in [5, 5.41) is 8.79. The molecule has 0 aliphatic rings. The van der Waals surface area contributed by atoms with Crippen molar-refractivity contribution in [3.63, 3.8) is 0 Å². The number of hydrogen-bond donors (Lipinski definition) is 2. The minimum absolute atomic E-state index is 0.0297. The zero-order chi connectivity index (χ0) is 13.5. The number of para-hydroxylation sites is 1. The van der Waals surface area contributed by atoms with Crippen molar-refractivity contribution in [3.8, 4) is 11.5 Å². The van der Waals surface area contributed by atoms with Crippen molar-refractivity contribution in [1.29, 1.82) is 0 Å². The fraction of sp³-hybridized carbons (Fsp3) is 0.250. The van der Waals surface area contributed by atoms with Crippen LogP contribution in [0.3, 0.4) is 0 Å². The maximum absolute atomic E-state index is 8.79. The highest BCUT2D eigenvalue weighted by Crippen LogP contribution is 2.23. The molecule has 0 saturated carbocycles. The highest BCUT2D eigenvalue weighted by atomic mass is 16.5. The lowest BCUT2D eigenvalue weighted by Gasteiger charge is -2.12. The lowest BCUT2D eigenvalue weighted by Crippen LogP contribution is -2.10. The second-order valence-electron chi connectivity index (χ2n) is 4.46. The van der Waals surface area contributed by atoms with Crippen molar-refractivity contribution in [2.75, 3.05) is 6.61 Å². The second-order valence-corrected chi connectivity index (χ2v) is 4.46. The van der Waals surface area contributed by atoms with E-state index in [4.69, 9.17) is 15.6 Å². The molecule has 19 heavy (non-hydrogen) atoms. The molecule has 0 aliphatic heterocycles. The summed E-state index contributed by atoms with van der Waals surface area (Å²) < 4.78 is 5.71. The molecule has 3 nitrogen and oxygen atoms in total. The predicted octanol–water partition coefficient (Wildman–Crippen LogP) is 3.25. The van der Waals surface area contributed by atoms with E-state index in [-0.39, 0.29) is 12.6 Å². The van der Waals surface area contributed by atoms with Gasteiger partial charge in [-0.25, -0.2) is 0 Å². The molecule has 1 atom stereocenters. The normalized spacial score (nSPS) is 12.1. The monoisotopic (exact) mass is 257 g/mol. The Hall–Kier alpha value is -1.84. The minimum Gasteiger partial charge on any atom is -0.457 e. The molecule has 0 radical (unpaired) electrons. The predicted molar refractivity (Wildman–Crippen MR) is 76.2 cm³/mol. The molecular weight excluding hydrogens is 238 g/mol. The first kappa shape index (κ1) is 13.6. The number of ether oxygens (including phenoxy) is 1. The molecule has 2 aromatic rings. The number of hydrogen-bond acceptors (Lipinski definition) is 3. The van der Waals surface area contributed by atoms with Crippen molar-refractivity contribution in [2.45, 2.75) is 18.9 Å². The Labute approximate surface area is 113 Å². The first-order valence-electron chi connectivity index (χ1n) is 6.49. The van der Waals surface area contributed by atoms with Gasteiger partial charge in [0.25, 0.3) is 0 Å². The van der Waals surface area contributed by atoms with Gasteiger partial charge in [0.1, 0.15) is 11.5 Å². The summed E-state index contributed by atoms with van der Waals surface area (Å²) in [5.74, 6) is 1.61. The van der Waals surface area contributed by atoms with Crippen LogP contribution < -0.4 is 10.5 Å². The molecule has 0 amide bonds. The van der Waals surface area contributed by atoms with Crippen molar-refractivity contribution in [3.05, 3.63) is 60.2 Å². The Morgan fingerprint density at radius 3 is 2.21 bits per heavy atom. The molecule has 0 aliphatic carbocycles. The molecule has 2 aromatic carbocycles. The Balaban J connectivity index is 1.98. The first-order valence-corrected chi connectivity index (χ1v) is 6.49. The minimum atomic E-state index is -0.0297. The molecule has 0 fully saturated rings. The Morgan fingerprint density at radius 1 is 0.947 bits per heavy atom. The van der Waals surface area contributed by atoms with Gasteiger partial charge in [-0.2, -0.15) is 0 Å². The summed E-state index contributed by atoms with van der Waals surface area (Å²) in [6, 6.07) is 17.4. The summed E-state index contributed by atoms with van der Waals surface area (Å²) in [7, 11) is 0. The van der Waals surface area contributed by atoms with Crippen LogP contribution >= 0.6 is 0 Å². The van der Waals surface area contributed by atoms with Gasteiger partial charge in [0.05, 0.1) is 0 Å². The van der Waals surface area contributed by atoms with Crippen molar-refractivity contribution >= 4 is 0 Å². The van der Waals surface area contributed by atoms with E-state index >= 15 is 0 Å². The van der Waals surface area contributed by atoms with Crippen LogP contribution in [0.15, 0.2) is 54.6 Å². The SMILES string of the molecule is NC(CCCO)c1ccc(Oc2ccccc2)cc1. The molecule has 2 rings (SSSR count). The second kappa shape index (κ2) is 6.92. The maximum atomic E-state index is 8.79. The van der Waals surface area contributed by atoms with E-state index in [1.165, 1.54) is 0 Å². The topological polar surface area (TPSA) is 55.5 Å². The lowest BCUT2D eigenvalue weighted by atomic mass is 10.0. The Morgan fingerprint density at radius 2 is 1.58 bits per heavy atom. The van der Waals surface area contributed by atoms with Gasteiger partial charge in [-0.3, -0.25) is 0 Å². The summed E-state index contributed by atoms with van der Waals surface area (Å²) in [6.45, 7) is 0.183. The number of nitrogens with two attached hydrogens (primary N) is 1. The molecule has 0 aromatic heterocycles. The van der Waals surface area contributed by atoms with E-state index in [2.05, 4.69) is 0 Å². The summed E-state index contributed by atoms with van der Waals surface area (Å²) in [6.07, 6.45) is 1.51. The van der Waals surface area contributed by atoms with Crippen LogP contribution in [0.2, 0.25) is 0 Å². The van der Waals surface area contributed by atoms with Crippen molar-refractivity contribution in [2.24, 2.45) is 5.73 Å². The van der Waals surface area contributed by atoms with E-state index in [0.29, 0.717) is 0 Å². The van der Waals surface area contributed by atoms with Gasteiger partial charge >= 0.3 is 0 Å². The van der Waals surface area contributed by atoms with Gasteiger partial charge in [0.2, 0.25) is 0 Å². The van der Waals surface area contributed by atoms with Gasteiger partial charge in [-0.15, -0.1) is 0 Å². The zero-order valence-electron chi connectivity index (χ0n) is 10.8. The van der Waals surface area contributed by atoms with Crippen LogP contribution in [-0.4, -0.2) is 11.7 Å². The third kappa shape index (κ3) is 4.09. The lowest BCUT2D eigenvalue weighted by molar-refractivity contribution is 0.280. The number of aliphatic hydroxyl groups excluding tert-OH is 1. The van der Waals surface area contributed by atoms with E-state index in [1.54, 1.807) is 0 Å². The third-order valence-corrected chi connectivity index (χ3v) is 2.96. The van der Waals surface area contributed by atoms with Gasteiger partial charge in [-0.1, -0.05) is 30.3 Å². The van der Waals surface area contributed by atoms with Crippen LogP contribution in [0.5, 0.6) is 11.5 Å². The average Bonchev–Trinajstić information content (AvgIpc) is 2.46. The van der Waals surface area contributed by atoms with Crippen LogP contribution in [0, 0.1) is 0 Å². The molecule has 3 N–H and O–H groups in total. The largest absolute Gasteiger partial charge is 0.457 e. The Kier molecular flexibility index (Phi) is 4.95. The van der Waals surface area contributed by atoms with Gasteiger partial charge in [0, 0.05) is 12.6 Å². The molecule has 1 unspecified atom stereocenters. The van der Waals surface area contributed by atoms with Crippen LogP contribution in [0.25, 0.3) is 0 Å². The quantitative estimate of drug-likeness (QED) is 0.835. The highest BCUT2D eigenvalue weighted by molar-refractivity contribution is 5.33.